The molecule has 3 rings (SSSR count). The lowest BCUT2D eigenvalue weighted by Gasteiger charge is -2.12. The van der Waals surface area contributed by atoms with Crippen molar-refractivity contribution in [3.63, 3.8) is 0 Å². The number of halogens is 3. The minimum absolute atomic E-state index is 0.0299. The van der Waals surface area contributed by atoms with E-state index in [2.05, 4.69) is 25.1 Å². The van der Waals surface area contributed by atoms with Crippen molar-refractivity contribution < 1.29 is 17.9 Å². The molecule has 1 N–H and O–H groups in total. The van der Waals surface area contributed by atoms with Gasteiger partial charge >= 0.3 is 6.18 Å². The maximum Gasteiger partial charge on any atom is 0.423 e. The normalized spacial score (nSPS) is 15.0. The maximum absolute atomic E-state index is 12.7. The van der Waals surface area contributed by atoms with E-state index in [1.54, 1.807) is 16.9 Å². The molecule has 1 aliphatic rings. The van der Waals surface area contributed by atoms with Gasteiger partial charge in [0.05, 0.1) is 19.3 Å². The van der Waals surface area contributed by atoms with E-state index in [0.717, 1.165) is 20.0 Å². The molecule has 1 aliphatic carbocycles. The van der Waals surface area contributed by atoms with Crippen molar-refractivity contribution in [2.24, 2.45) is 0 Å². The summed E-state index contributed by atoms with van der Waals surface area (Å²) in [4.78, 5) is 7.43. The Kier molecular flexibility index (Phi) is 3.19. The van der Waals surface area contributed by atoms with Crippen LogP contribution in [0.2, 0.25) is 0 Å². The molecule has 1 fully saturated rings. The van der Waals surface area contributed by atoms with Crippen LogP contribution in [0, 0.1) is 0 Å². The van der Waals surface area contributed by atoms with Gasteiger partial charge in [0, 0.05) is 12.3 Å². The first-order valence-electron chi connectivity index (χ1n) is 6.28. The highest BCUT2D eigenvalue weighted by Crippen LogP contribution is 2.37. The molecule has 2 aromatic heterocycles. The first-order chi connectivity index (χ1) is 9.99. The number of methoxy groups -OCH3 is 1. The van der Waals surface area contributed by atoms with Crippen LogP contribution in [0.25, 0.3) is 0 Å². The SMILES string of the molecule is COc1nc(Nc2ccnn2C2CC2)ncc1C(F)(F)F. The van der Waals surface area contributed by atoms with Gasteiger partial charge < -0.3 is 10.1 Å². The molecule has 0 atom stereocenters. The van der Waals surface area contributed by atoms with Gasteiger partial charge in [-0.1, -0.05) is 0 Å². The van der Waals surface area contributed by atoms with Crippen LogP contribution in [0.15, 0.2) is 18.5 Å². The van der Waals surface area contributed by atoms with Crippen LogP contribution in [-0.4, -0.2) is 26.9 Å². The van der Waals surface area contributed by atoms with Gasteiger partial charge in [0.1, 0.15) is 11.4 Å². The molecule has 9 heteroatoms. The van der Waals surface area contributed by atoms with Crippen LogP contribution in [0.1, 0.15) is 24.4 Å². The van der Waals surface area contributed by atoms with Crippen LogP contribution < -0.4 is 10.1 Å². The molecule has 0 unspecified atom stereocenters. The lowest BCUT2D eigenvalue weighted by atomic mass is 10.3. The molecule has 0 saturated heterocycles. The molecule has 0 radical (unpaired) electrons. The number of aromatic nitrogens is 4. The van der Waals surface area contributed by atoms with Gasteiger partial charge in [-0.2, -0.15) is 23.3 Å². The highest BCUT2D eigenvalue weighted by molar-refractivity contribution is 5.49. The molecule has 0 amide bonds. The van der Waals surface area contributed by atoms with Crippen molar-refractivity contribution in [3.05, 3.63) is 24.0 Å². The van der Waals surface area contributed by atoms with E-state index in [4.69, 9.17) is 0 Å². The monoisotopic (exact) mass is 299 g/mol. The first-order valence-corrected chi connectivity index (χ1v) is 6.28. The largest absolute Gasteiger partial charge is 0.480 e. The average molecular weight is 299 g/mol. The summed E-state index contributed by atoms with van der Waals surface area (Å²) in [6.45, 7) is 0. The van der Waals surface area contributed by atoms with Crippen molar-refractivity contribution in [1.29, 1.82) is 0 Å². The zero-order valence-electron chi connectivity index (χ0n) is 11.1. The number of nitrogens with one attached hydrogen (secondary N) is 1. The summed E-state index contributed by atoms with van der Waals surface area (Å²) in [6.07, 6.45) is -0.172. The van der Waals surface area contributed by atoms with Gasteiger partial charge in [-0.3, -0.25) is 0 Å². The molecule has 0 aliphatic heterocycles. The Morgan fingerprint density at radius 3 is 2.76 bits per heavy atom. The number of hydrogen-bond donors (Lipinski definition) is 1. The Hall–Kier alpha value is -2.32. The van der Waals surface area contributed by atoms with E-state index < -0.39 is 17.6 Å². The Bertz CT molecular complexity index is 651. The van der Waals surface area contributed by atoms with Crippen molar-refractivity contribution in [3.8, 4) is 5.88 Å². The summed E-state index contributed by atoms with van der Waals surface area (Å²) >= 11 is 0. The smallest absolute Gasteiger partial charge is 0.423 e. The van der Waals surface area contributed by atoms with Crippen molar-refractivity contribution >= 4 is 11.8 Å². The van der Waals surface area contributed by atoms with Gasteiger partial charge in [0.15, 0.2) is 0 Å². The second kappa shape index (κ2) is 4.90. The van der Waals surface area contributed by atoms with E-state index >= 15 is 0 Å². The number of nitrogens with zero attached hydrogens (tertiary/aromatic N) is 4. The highest BCUT2D eigenvalue weighted by atomic mass is 19.4. The minimum Gasteiger partial charge on any atom is -0.480 e. The standard InChI is InChI=1S/C12H12F3N5O/c1-21-10-8(12(13,14)15)6-16-11(19-10)18-9-4-5-17-20(9)7-2-3-7/h4-7H,2-3H2,1H3,(H,16,18,19). The molecule has 6 nitrogen and oxygen atoms in total. The van der Waals surface area contributed by atoms with Gasteiger partial charge in [0.2, 0.25) is 11.8 Å². The van der Waals surface area contributed by atoms with Crippen LogP contribution in [0.5, 0.6) is 5.88 Å². The summed E-state index contributed by atoms with van der Waals surface area (Å²) in [5, 5.41) is 7.02. The van der Waals surface area contributed by atoms with Crippen molar-refractivity contribution in [1.82, 2.24) is 19.7 Å². The summed E-state index contributed by atoms with van der Waals surface area (Å²) in [5.74, 6) is 0.152. The molecule has 0 spiro atoms. The molecular weight excluding hydrogens is 287 g/mol. The summed E-state index contributed by atoms with van der Waals surface area (Å²) in [7, 11) is 1.13. The number of ether oxygens (including phenoxy) is 1. The lowest BCUT2D eigenvalue weighted by Crippen LogP contribution is -2.11. The number of rotatable bonds is 4. The van der Waals surface area contributed by atoms with E-state index in [0.29, 0.717) is 18.1 Å². The van der Waals surface area contributed by atoms with Crippen LogP contribution in [0.3, 0.4) is 0 Å². The fraction of sp³-hybridized carbons (Fsp3) is 0.417. The molecule has 0 aromatic carbocycles. The summed E-state index contributed by atoms with van der Waals surface area (Å²) < 4.78 is 44.6. The topological polar surface area (TPSA) is 64.9 Å². The third kappa shape index (κ3) is 2.76. The Morgan fingerprint density at radius 2 is 2.14 bits per heavy atom. The molecule has 21 heavy (non-hydrogen) atoms. The minimum atomic E-state index is -4.56. The second-order valence-corrected chi connectivity index (χ2v) is 4.63. The zero-order valence-corrected chi connectivity index (χ0v) is 11.1. The molecule has 2 heterocycles. The number of hydrogen-bond acceptors (Lipinski definition) is 5. The van der Waals surface area contributed by atoms with E-state index in [9.17, 15) is 13.2 Å². The first kappa shape index (κ1) is 13.7. The van der Waals surface area contributed by atoms with Gasteiger partial charge in [-0.05, 0) is 12.8 Å². The zero-order chi connectivity index (χ0) is 15.0. The number of alkyl halides is 3. The molecule has 112 valence electrons. The quantitative estimate of drug-likeness (QED) is 0.940. The van der Waals surface area contributed by atoms with Crippen LogP contribution >= 0.6 is 0 Å². The maximum atomic E-state index is 12.7. The number of anilines is 2. The third-order valence-electron chi connectivity index (χ3n) is 3.06. The van der Waals surface area contributed by atoms with Gasteiger partial charge in [-0.15, -0.1) is 0 Å². The predicted octanol–water partition coefficient (Wildman–Crippen LogP) is 2.78. The Balaban J connectivity index is 1.87. The lowest BCUT2D eigenvalue weighted by molar-refractivity contribution is -0.139. The van der Waals surface area contributed by atoms with E-state index in [1.807, 2.05) is 0 Å². The highest BCUT2D eigenvalue weighted by Gasteiger charge is 2.36. The van der Waals surface area contributed by atoms with Crippen LogP contribution in [0.4, 0.5) is 24.9 Å². The second-order valence-electron chi connectivity index (χ2n) is 4.63. The summed E-state index contributed by atoms with van der Waals surface area (Å²) in [6, 6.07) is 2.05. The van der Waals surface area contributed by atoms with Crippen LogP contribution in [-0.2, 0) is 6.18 Å². The van der Waals surface area contributed by atoms with Gasteiger partial charge in [-0.25, -0.2) is 9.67 Å². The van der Waals surface area contributed by atoms with E-state index in [-0.39, 0.29) is 5.95 Å². The fourth-order valence-corrected chi connectivity index (χ4v) is 1.91. The predicted molar refractivity (Wildman–Crippen MR) is 67.4 cm³/mol. The molecule has 1 saturated carbocycles. The Morgan fingerprint density at radius 1 is 1.38 bits per heavy atom. The average Bonchev–Trinajstić information content (AvgIpc) is 3.18. The Labute approximate surface area is 118 Å². The third-order valence-corrected chi connectivity index (χ3v) is 3.06. The van der Waals surface area contributed by atoms with E-state index in [1.165, 1.54) is 0 Å². The molecule has 2 aromatic rings. The summed E-state index contributed by atoms with van der Waals surface area (Å²) in [5.41, 5.74) is -1.01. The fourth-order valence-electron chi connectivity index (χ4n) is 1.91. The van der Waals surface area contributed by atoms with Gasteiger partial charge in [0.25, 0.3) is 0 Å². The van der Waals surface area contributed by atoms with Crippen molar-refractivity contribution in [2.75, 3.05) is 12.4 Å². The van der Waals surface area contributed by atoms with Crippen molar-refractivity contribution in [2.45, 2.75) is 25.1 Å². The molecular formula is C12H12F3N5O. The molecule has 0 bridgehead atoms.